The molecule has 0 aliphatic heterocycles. The number of hydrogen-bond acceptors (Lipinski definition) is 0. The molecule has 0 radical (unpaired) electrons. The Bertz CT molecular complexity index is 576. The Hall–Kier alpha value is -1.82. The lowest BCUT2D eigenvalue weighted by Gasteiger charge is -2.13. The zero-order valence-electron chi connectivity index (χ0n) is 10.1. The predicted octanol–water partition coefficient (Wildman–Crippen LogP) is 4.26. The average Bonchev–Trinajstić information content (AvgIpc) is 2.33. The van der Waals surface area contributed by atoms with Crippen molar-refractivity contribution in [3.63, 3.8) is 0 Å². The van der Waals surface area contributed by atoms with E-state index >= 15 is 0 Å². The Morgan fingerprint density at radius 2 is 1.47 bits per heavy atom. The van der Waals surface area contributed by atoms with Crippen LogP contribution in [-0.2, 0) is 12.8 Å². The second-order valence-electron chi connectivity index (χ2n) is 4.73. The van der Waals surface area contributed by atoms with Gasteiger partial charge in [-0.05, 0) is 42.0 Å². The van der Waals surface area contributed by atoms with Crippen molar-refractivity contribution in [2.24, 2.45) is 0 Å². The van der Waals surface area contributed by atoms with Crippen LogP contribution < -0.4 is 0 Å². The fourth-order valence-corrected chi connectivity index (χ4v) is 2.47. The van der Waals surface area contributed by atoms with Crippen LogP contribution in [0.4, 0.5) is 0 Å². The van der Waals surface area contributed by atoms with Gasteiger partial charge in [0.25, 0.3) is 0 Å². The lowest BCUT2D eigenvalue weighted by atomic mass is 9.92. The van der Waals surface area contributed by atoms with Crippen LogP contribution in [0.15, 0.2) is 42.5 Å². The van der Waals surface area contributed by atoms with Gasteiger partial charge in [0.05, 0.1) is 0 Å². The number of benzene rings is 2. The van der Waals surface area contributed by atoms with E-state index in [-0.39, 0.29) is 0 Å². The summed E-state index contributed by atoms with van der Waals surface area (Å²) in [5, 5.41) is 0. The maximum atomic E-state index is 2.28. The molecule has 0 aromatic heterocycles. The number of fused-ring (bicyclic) bond motifs is 2. The van der Waals surface area contributed by atoms with E-state index in [4.69, 9.17) is 0 Å². The van der Waals surface area contributed by atoms with Gasteiger partial charge in [0, 0.05) is 0 Å². The molecule has 0 fully saturated rings. The van der Waals surface area contributed by atoms with Gasteiger partial charge in [-0.25, -0.2) is 0 Å². The highest BCUT2D eigenvalue weighted by atomic mass is 14.1. The summed E-state index contributed by atoms with van der Waals surface area (Å²) in [4.78, 5) is 0. The van der Waals surface area contributed by atoms with Crippen LogP contribution >= 0.6 is 0 Å². The molecule has 0 atom stereocenters. The predicted molar refractivity (Wildman–Crippen MR) is 74.0 cm³/mol. The summed E-state index contributed by atoms with van der Waals surface area (Å²) in [7, 11) is 0. The molecule has 0 saturated heterocycles. The fraction of sp³-hybridized carbons (Fsp3) is 0.176. The van der Waals surface area contributed by atoms with Gasteiger partial charge in [-0.1, -0.05) is 60.2 Å². The summed E-state index contributed by atoms with van der Waals surface area (Å²) >= 11 is 0. The van der Waals surface area contributed by atoms with Crippen LogP contribution in [0.3, 0.4) is 0 Å². The smallest absolute Gasteiger partial charge is 0.0222 e. The minimum absolute atomic E-state index is 1.14. The minimum atomic E-state index is 1.14. The van der Waals surface area contributed by atoms with Gasteiger partial charge in [0.1, 0.15) is 0 Å². The van der Waals surface area contributed by atoms with Crippen LogP contribution in [0.2, 0.25) is 0 Å². The Balaban J connectivity index is 2.10. The molecule has 0 amide bonds. The molecular formula is C17H16. The SMILES string of the molecule is Cc1ccc2c(c1)/C=C\c1ccccc1CC2. The molecule has 0 unspecified atom stereocenters. The van der Waals surface area contributed by atoms with Crippen molar-refractivity contribution in [2.75, 3.05) is 0 Å². The zero-order chi connectivity index (χ0) is 11.7. The van der Waals surface area contributed by atoms with Gasteiger partial charge in [-0.2, -0.15) is 0 Å². The highest BCUT2D eigenvalue weighted by Gasteiger charge is 2.06. The number of hydrogen-bond donors (Lipinski definition) is 0. The minimum Gasteiger partial charge on any atom is -0.0620 e. The van der Waals surface area contributed by atoms with Crippen LogP contribution in [-0.4, -0.2) is 0 Å². The summed E-state index contributed by atoms with van der Waals surface area (Å²) in [6.45, 7) is 2.15. The van der Waals surface area contributed by atoms with Crippen molar-refractivity contribution < 1.29 is 0 Å². The second kappa shape index (κ2) is 4.21. The first-order valence-electron chi connectivity index (χ1n) is 6.18. The van der Waals surface area contributed by atoms with E-state index < -0.39 is 0 Å². The van der Waals surface area contributed by atoms with Crippen molar-refractivity contribution >= 4 is 12.2 Å². The van der Waals surface area contributed by atoms with E-state index in [1.54, 1.807) is 0 Å². The molecule has 0 nitrogen and oxygen atoms in total. The molecule has 2 aromatic rings. The highest BCUT2D eigenvalue weighted by Crippen LogP contribution is 2.22. The van der Waals surface area contributed by atoms with Crippen molar-refractivity contribution in [3.8, 4) is 0 Å². The van der Waals surface area contributed by atoms with Crippen molar-refractivity contribution in [1.29, 1.82) is 0 Å². The van der Waals surface area contributed by atoms with E-state index in [0.717, 1.165) is 12.8 Å². The van der Waals surface area contributed by atoms with Crippen LogP contribution in [0, 0.1) is 6.92 Å². The topological polar surface area (TPSA) is 0 Å². The van der Waals surface area contributed by atoms with Gasteiger partial charge < -0.3 is 0 Å². The van der Waals surface area contributed by atoms with Crippen LogP contribution in [0.25, 0.3) is 12.2 Å². The van der Waals surface area contributed by atoms with Crippen molar-refractivity contribution in [1.82, 2.24) is 0 Å². The van der Waals surface area contributed by atoms with Crippen molar-refractivity contribution in [3.05, 3.63) is 70.3 Å². The van der Waals surface area contributed by atoms with E-state index in [9.17, 15) is 0 Å². The molecule has 0 heteroatoms. The summed E-state index contributed by atoms with van der Waals surface area (Å²) in [5.41, 5.74) is 6.98. The Labute approximate surface area is 103 Å². The highest BCUT2D eigenvalue weighted by molar-refractivity contribution is 5.73. The van der Waals surface area contributed by atoms with E-state index in [0.29, 0.717) is 0 Å². The number of rotatable bonds is 0. The summed E-state index contributed by atoms with van der Waals surface area (Å²) < 4.78 is 0. The van der Waals surface area contributed by atoms with E-state index in [2.05, 4.69) is 61.5 Å². The molecular weight excluding hydrogens is 204 g/mol. The second-order valence-corrected chi connectivity index (χ2v) is 4.73. The molecule has 0 heterocycles. The maximum Gasteiger partial charge on any atom is -0.0222 e. The molecule has 1 aliphatic rings. The lowest BCUT2D eigenvalue weighted by molar-refractivity contribution is 0.951. The average molecular weight is 220 g/mol. The summed E-state index contributed by atoms with van der Waals surface area (Å²) in [6, 6.07) is 15.4. The van der Waals surface area contributed by atoms with E-state index in [1.165, 1.54) is 27.8 Å². The Kier molecular flexibility index (Phi) is 2.56. The van der Waals surface area contributed by atoms with Gasteiger partial charge in [-0.3, -0.25) is 0 Å². The summed E-state index contributed by atoms with van der Waals surface area (Å²) in [6.07, 6.45) is 6.76. The van der Waals surface area contributed by atoms with Crippen LogP contribution in [0.5, 0.6) is 0 Å². The molecule has 0 spiro atoms. The Morgan fingerprint density at radius 1 is 0.765 bits per heavy atom. The van der Waals surface area contributed by atoms with Gasteiger partial charge in [-0.15, -0.1) is 0 Å². The standard InChI is InChI=1S/C17H16/c1-13-6-7-16-9-8-14-4-2-3-5-15(14)10-11-17(16)12-13/h2-7,10-12H,8-9H2,1H3/b11-10-. The first-order valence-corrected chi connectivity index (χ1v) is 6.18. The normalized spacial score (nSPS) is 15.4. The van der Waals surface area contributed by atoms with Crippen molar-refractivity contribution in [2.45, 2.75) is 19.8 Å². The molecule has 17 heavy (non-hydrogen) atoms. The molecule has 0 bridgehead atoms. The monoisotopic (exact) mass is 220 g/mol. The largest absolute Gasteiger partial charge is 0.0620 e. The third kappa shape index (κ3) is 2.03. The molecule has 0 N–H and O–H groups in total. The molecule has 2 aromatic carbocycles. The third-order valence-electron chi connectivity index (χ3n) is 3.46. The van der Waals surface area contributed by atoms with Gasteiger partial charge >= 0.3 is 0 Å². The van der Waals surface area contributed by atoms with Gasteiger partial charge in [0.2, 0.25) is 0 Å². The molecule has 84 valence electrons. The van der Waals surface area contributed by atoms with Crippen LogP contribution in [0.1, 0.15) is 27.8 Å². The third-order valence-corrected chi connectivity index (χ3v) is 3.46. The zero-order valence-corrected chi connectivity index (χ0v) is 10.1. The fourth-order valence-electron chi connectivity index (χ4n) is 2.47. The first-order chi connectivity index (χ1) is 8.33. The first kappa shape index (κ1) is 10.3. The summed E-state index contributed by atoms with van der Waals surface area (Å²) in [5.74, 6) is 0. The lowest BCUT2D eigenvalue weighted by Crippen LogP contribution is -1.99. The van der Waals surface area contributed by atoms with E-state index in [1.807, 2.05) is 0 Å². The maximum absolute atomic E-state index is 2.28. The quantitative estimate of drug-likeness (QED) is 0.622. The Morgan fingerprint density at radius 3 is 2.35 bits per heavy atom. The molecule has 3 rings (SSSR count). The van der Waals surface area contributed by atoms with Gasteiger partial charge in [0.15, 0.2) is 0 Å². The molecule has 0 saturated carbocycles. The molecule has 1 aliphatic carbocycles. The number of aryl methyl sites for hydroxylation is 3.